The molecule has 0 N–H and O–H groups in total. The van der Waals surface area contributed by atoms with Gasteiger partial charge in [0.25, 0.3) is 10.0 Å². The summed E-state index contributed by atoms with van der Waals surface area (Å²) in [5, 5.41) is 0. The van der Waals surface area contributed by atoms with E-state index in [1.54, 1.807) is 29.2 Å². The van der Waals surface area contributed by atoms with Crippen LogP contribution in [-0.2, 0) is 10.0 Å². The second-order valence-corrected chi connectivity index (χ2v) is 14.9. The van der Waals surface area contributed by atoms with Crippen LogP contribution in [0, 0.1) is 20.8 Å². The van der Waals surface area contributed by atoms with Crippen LogP contribution in [0.3, 0.4) is 0 Å². The molecule has 0 aromatic heterocycles. The van der Waals surface area contributed by atoms with Crippen LogP contribution >= 0.6 is 0 Å². The first kappa shape index (κ1) is 19.6. The van der Waals surface area contributed by atoms with Crippen LogP contribution in [0.15, 0.2) is 47.4 Å². The number of hydrogen-bond acceptors (Lipinski definition) is 3. The number of nitrogens with zero attached hydrogens (tertiary/aromatic N) is 2. The van der Waals surface area contributed by atoms with Crippen LogP contribution in [0.1, 0.15) is 16.7 Å². The molecule has 1 fully saturated rings. The molecule has 1 heterocycles. The maximum Gasteiger partial charge on any atom is 0.337 e. The Bertz CT molecular complexity index is 965. The van der Waals surface area contributed by atoms with E-state index in [0.29, 0.717) is 12.3 Å². The minimum atomic E-state index is -3.89. The van der Waals surface area contributed by atoms with Gasteiger partial charge in [-0.15, -0.1) is 0 Å². The molecule has 3 rings (SSSR count). The predicted molar refractivity (Wildman–Crippen MR) is 111 cm³/mol. The zero-order valence-electron chi connectivity index (χ0n) is 16.5. The van der Waals surface area contributed by atoms with Crippen molar-refractivity contribution >= 4 is 29.8 Å². The fraction of sp³-hybridized carbons (Fsp3) is 0.350. The molecule has 0 unspecified atom stereocenters. The second-order valence-electron chi connectivity index (χ2n) is 8.10. The molecular formula is C20H26N2O3SSi. The van der Waals surface area contributed by atoms with Crippen molar-refractivity contribution in [2.75, 3.05) is 17.2 Å². The summed E-state index contributed by atoms with van der Waals surface area (Å²) < 4.78 is 27.6. The van der Waals surface area contributed by atoms with Gasteiger partial charge in [0.15, 0.2) is 0 Å². The van der Waals surface area contributed by atoms with Crippen molar-refractivity contribution in [2.45, 2.75) is 38.8 Å². The molecule has 2 aromatic carbocycles. The number of carbonyl (C=O) groups excluding carboxylic acids is 1. The Morgan fingerprint density at radius 1 is 0.889 bits per heavy atom. The topological polar surface area (TPSA) is 57.7 Å². The van der Waals surface area contributed by atoms with Crippen molar-refractivity contribution in [1.82, 2.24) is 4.31 Å². The van der Waals surface area contributed by atoms with Crippen molar-refractivity contribution in [3.63, 3.8) is 0 Å². The first-order valence-corrected chi connectivity index (χ1v) is 13.9. The summed E-state index contributed by atoms with van der Waals surface area (Å²) in [7, 11) is -5.88. The molecule has 0 spiro atoms. The predicted octanol–water partition coefficient (Wildman–Crippen LogP) is 4.03. The average molecular weight is 403 g/mol. The van der Waals surface area contributed by atoms with Gasteiger partial charge >= 0.3 is 6.03 Å². The summed E-state index contributed by atoms with van der Waals surface area (Å²) in [6.07, 6.45) is 0.904. The van der Waals surface area contributed by atoms with E-state index in [9.17, 15) is 13.2 Å². The Kier molecular flexibility index (Phi) is 4.94. The number of hydrogen-bond donors (Lipinski definition) is 0. The fourth-order valence-electron chi connectivity index (χ4n) is 3.57. The van der Waals surface area contributed by atoms with Gasteiger partial charge in [-0.25, -0.2) is 17.5 Å². The monoisotopic (exact) mass is 402 g/mol. The molecule has 5 nitrogen and oxygen atoms in total. The molecule has 0 radical (unpaired) electrons. The van der Waals surface area contributed by atoms with Gasteiger partial charge in [-0.05, 0) is 44.0 Å². The van der Waals surface area contributed by atoms with Gasteiger partial charge < -0.3 is 0 Å². The van der Waals surface area contributed by atoms with Gasteiger partial charge in [0, 0.05) is 12.3 Å². The Morgan fingerprint density at radius 3 is 2.00 bits per heavy atom. The molecule has 2 aromatic rings. The summed E-state index contributed by atoms with van der Waals surface area (Å²) in [6.45, 7) is 10.1. The summed E-state index contributed by atoms with van der Waals surface area (Å²) in [5.74, 6) is 0. The Hall–Kier alpha value is -2.12. The Morgan fingerprint density at radius 2 is 1.44 bits per heavy atom. The molecular weight excluding hydrogens is 376 g/mol. The summed E-state index contributed by atoms with van der Waals surface area (Å²) >= 11 is 0. The molecule has 0 bridgehead atoms. The summed E-state index contributed by atoms with van der Waals surface area (Å²) in [6, 6.07) is 12.1. The molecule has 1 aliphatic rings. The third-order valence-electron chi connectivity index (χ3n) is 4.92. The van der Waals surface area contributed by atoms with Gasteiger partial charge in [0.1, 0.15) is 0 Å². The minimum absolute atomic E-state index is 0.162. The lowest BCUT2D eigenvalue weighted by Crippen LogP contribution is -2.64. The third-order valence-corrected chi connectivity index (χ3v) is 9.23. The van der Waals surface area contributed by atoms with Crippen molar-refractivity contribution in [2.24, 2.45) is 0 Å². The highest BCUT2D eigenvalue weighted by molar-refractivity contribution is 7.89. The number of para-hydroxylation sites is 1. The highest BCUT2D eigenvalue weighted by Crippen LogP contribution is 2.32. The lowest BCUT2D eigenvalue weighted by Gasteiger charge is -2.43. The van der Waals surface area contributed by atoms with Crippen LogP contribution < -0.4 is 4.90 Å². The van der Waals surface area contributed by atoms with Crippen LogP contribution in [0.5, 0.6) is 0 Å². The van der Waals surface area contributed by atoms with E-state index >= 15 is 0 Å². The largest absolute Gasteiger partial charge is 0.337 e. The van der Waals surface area contributed by atoms with Crippen molar-refractivity contribution in [3.05, 3.63) is 59.2 Å². The molecule has 144 valence electrons. The molecule has 1 aliphatic heterocycles. The smallest absolute Gasteiger partial charge is 0.296 e. The highest BCUT2D eigenvalue weighted by atomic mass is 32.2. The van der Waals surface area contributed by atoms with Gasteiger partial charge in [0.05, 0.1) is 18.7 Å². The minimum Gasteiger partial charge on any atom is -0.296 e. The van der Waals surface area contributed by atoms with Crippen LogP contribution in [-0.4, -0.2) is 39.2 Å². The van der Waals surface area contributed by atoms with E-state index in [1.807, 2.05) is 39.0 Å². The molecule has 27 heavy (non-hydrogen) atoms. The van der Waals surface area contributed by atoms with E-state index in [4.69, 9.17) is 0 Å². The van der Waals surface area contributed by atoms with Crippen LogP contribution in [0.25, 0.3) is 0 Å². The average Bonchev–Trinajstić information content (AvgIpc) is 2.57. The Labute approximate surface area is 162 Å². The zero-order chi connectivity index (χ0) is 20.0. The highest BCUT2D eigenvalue weighted by Gasteiger charge is 2.45. The molecule has 0 atom stereocenters. The molecule has 0 aliphatic carbocycles. The fourth-order valence-corrected chi connectivity index (χ4v) is 8.50. The molecule has 0 saturated carbocycles. The number of carbonyl (C=O) groups is 1. The third kappa shape index (κ3) is 3.66. The summed E-state index contributed by atoms with van der Waals surface area (Å²) in [5.41, 5.74) is 3.75. The van der Waals surface area contributed by atoms with E-state index < -0.39 is 24.1 Å². The maximum atomic E-state index is 13.3. The van der Waals surface area contributed by atoms with Crippen LogP contribution in [0.4, 0.5) is 10.5 Å². The second kappa shape index (κ2) is 6.80. The number of benzene rings is 2. The maximum absolute atomic E-state index is 13.3. The SMILES string of the molecule is Cc1ccc(S(=O)(=O)N2C[Si](C)(C)CN(c3c(C)cccc3C)C2=O)cc1. The zero-order valence-corrected chi connectivity index (χ0v) is 18.3. The van der Waals surface area contributed by atoms with E-state index in [0.717, 1.165) is 26.7 Å². The van der Waals surface area contributed by atoms with Crippen molar-refractivity contribution in [3.8, 4) is 0 Å². The van der Waals surface area contributed by atoms with E-state index in [2.05, 4.69) is 13.1 Å². The Balaban J connectivity index is 2.09. The van der Waals surface area contributed by atoms with Gasteiger partial charge in [0.2, 0.25) is 0 Å². The number of urea groups is 1. The molecule has 7 heteroatoms. The van der Waals surface area contributed by atoms with E-state index in [1.165, 1.54) is 0 Å². The normalized spacial score (nSPS) is 17.3. The van der Waals surface area contributed by atoms with E-state index in [-0.39, 0.29) is 4.90 Å². The van der Waals surface area contributed by atoms with Gasteiger partial charge in [-0.3, -0.25) is 4.90 Å². The molecule has 1 saturated heterocycles. The number of aryl methyl sites for hydroxylation is 3. The van der Waals surface area contributed by atoms with Gasteiger partial charge in [-0.2, -0.15) is 0 Å². The molecule has 2 amide bonds. The summed E-state index contributed by atoms with van der Waals surface area (Å²) in [4.78, 5) is 15.1. The quantitative estimate of drug-likeness (QED) is 0.728. The van der Waals surface area contributed by atoms with Crippen molar-refractivity contribution < 1.29 is 13.2 Å². The van der Waals surface area contributed by atoms with Crippen LogP contribution in [0.2, 0.25) is 13.1 Å². The van der Waals surface area contributed by atoms with Gasteiger partial charge in [-0.1, -0.05) is 49.0 Å². The van der Waals surface area contributed by atoms with Crippen molar-refractivity contribution in [1.29, 1.82) is 0 Å². The lowest BCUT2D eigenvalue weighted by molar-refractivity contribution is 0.231. The first-order valence-electron chi connectivity index (χ1n) is 9.00. The number of amides is 2. The first-order chi connectivity index (χ1) is 12.5. The standard InChI is InChI=1S/C20H26N2O3SSi/c1-15-9-11-18(12-10-15)26(24,25)22-14-27(4,5)13-21(20(22)23)19-16(2)7-6-8-17(19)3/h6-12H,13-14H2,1-5H3. The lowest BCUT2D eigenvalue weighted by atomic mass is 10.1. The number of rotatable bonds is 3. The number of anilines is 1. The number of sulfonamides is 1.